The van der Waals surface area contributed by atoms with E-state index in [4.69, 9.17) is 16.3 Å². The molecule has 130 valence electrons. The fourth-order valence-corrected chi connectivity index (χ4v) is 3.70. The predicted octanol–water partition coefficient (Wildman–Crippen LogP) is 4.20. The molecule has 0 aliphatic heterocycles. The zero-order valence-corrected chi connectivity index (χ0v) is 16.1. The summed E-state index contributed by atoms with van der Waals surface area (Å²) in [5.74, 6) is 0.698. The minimum atomic E-state index is -3.61. The summed E-state index contributed by atoms with van der Waals surface area (Å²) in [6.07, 6.45) is 2.01. The Morgan fingerprint density at radius 3 is 2.21 bits per heavy atom. The summed E-state index contributed by atoms with van der Waals surface area (Å²) in [6, 6.07) is 13.7. The van der Waals surface area contributed by atoms with Crippen molar-refractivity contribution in [1.82, 2.24) is 4.72 Å². The van der Waals surface area contributed by atoms with Gasteiger partial charge < -0.3 is 4.74 Å². The first-order valence-corrected chi connectivity index (χ1v) is 10.4. The van der Waals surface area contributed by atoms with Gasteiger partial charge in [-0.05, 0) is 68.6 Å². The van der Waals surface area contributed by atoms with Gasteiger partial charge in [-0.2, -0.15) is 0 Å². The maximum absolute atomic E-state index is 12.3. The Balaban J connectivity index is 2.01. The molecule has 0 aromatic heterocycles. The smallest absolute Gasteiger partial charge is 0.240 e. The summed E-state index contributed by atoms with van der Waals surface area (Å²) in [4.78, 5) is 1.32. The molecule has 0 aliphatic carbocycles. The zero-order chi connectivity index (χ0) is 17.8. The molecule has 0 radical (unpaired) electrons. The van der Waals surface area contributed by atoms with E-state index in [1.807, 2.05) is 44.4 Å². The zero-order valence-electron chi connectivity index (χ0n) is 13.7. The van der Waals surface area contributed by atoms with E-state index in [9.17, 15) is 8.42 Å². The van der Waals surface area contributed by atoms with Gasteiger partial charge in [-0.15, -0.1) is 11.8 Å². The quantitative estimate of drug-likeness (QED) is 0.726. The Kier molecular flexibility index (Phi) is 6.20. The number of hydrogen-bond acceptors (Lipinski definition) is 4. The predicted molar refractivity (Wildman–Crippen MR) is 99.6 cm³/mol. The van der Waals surface area contributed by atoms with Gasteiger partial charge in [0.05, 0.1) is 11.4 Å². The number of hydrogen-bond donors (Lipinski definition) is 1. The molecule has 2 rings (SSSR count). The molecule has 0 fully saturated rings. The van der Waals surface area contributed by atoms with Crippen LogP contribution in [0.3, 0.4) is 0 Å². The number of nitrogens with one attached hydrogen (secondary N) is 1. The molecule has 0 bridgehead atoms. The van der Waals surface area contributed by atoms with Gasteiger partial charge in [0, 0.05) is 9.92 Å². The third-order valence-electron chi connectivity index (χ3n) is 3.27. The average molecular weight is 386 g/mol. The minimum Gasteiger partial charge on any atom is -0.487 e. The molecule has 0 heterocycles. The van der Waals surface area contributed by atoms with Crippen molar-refractivity contribution >= 4 is 33.4 Å². The number of thioether (sulfide) groups is 1. The summed E-state index contributed by atoms with van der Waals surface area (Å²) in [5.41, 5.74) is -0.694. The number of rotatable bonds is 7. The lowest BCUT2D eigenvalue weighted by Gasteiger charge is -2.26. The standard InChI is InChI=1S/C17H20ClNO3S2/c1-17(2,22-14-6-8-15(23-3)9-7-14)12-19-24(20,21)16-10-4-13(18)5-11-16/h4-11,19H,12H2,1-3H3. The monoisotopic (exact) mass is 385 g/mol. The summed E-state index contributed by atoms with van der Waals surface area (Å²) >= 11 is 7.44. The van der Waals surface area contributed by atoms with Crippen LogP contribution in [0.5, 0.6) is 5.75 Å². The van der Waals surface area contributed by atoms with E-state index >= 15 is 0 Å². The fourth-order valence-electron chi connectivity index (χ4n) is 1.96. The third-order valence-corrected chi connectivity index (χ3v) is 5.68. The summed E-state index contributed by atoms with van der Waals surface area (Å²) in [6.45, 7) is 3.81. The van der Waals surface area contributed by atoms with Crippen LogP contribution in [0, 0.1) is 0 Å². The minimum absolute atomic E-state index is 0.141. The Labute approximate surface area is 152 Å². The van der Waals surface area contributed by atoms with Crippen molar-refractivity contribution in [2.45, 2.75) is 29.2 Å². The van der Waals surface area contributed by atoms with Crippen LogP contribution in [-0.4, -0.2) is 26.8 Å². The molecule has 2 aromatic rings. The normalized spacial score (nSPS) is 12.2. The van der Waals surface area contributed by atoms with Crippen molar-refractivity contribution in [3.05, 3.63) is 53.6 Å². The van der Waals surface area contributed by atoms with Crippen LogP contribution in [0.1, 0.15) is 13.8 Å². The van der Waals surface area contributed by atoms with Gasteiger partial charge in [0.15, 0.2) is 0 Å². The maximum Gasteiger partial charge on any atom is 0.240 e. The van der Waals surface area contributed by atoms with Crippen LogP contribution in [0.15, 0.2) is 58.3 Å². The largest absolute Gasteiger partial charge is 0.487 e. The molecule has 1 N–H and O–H groups in total. The molecule has 0 aliphatic rings. The van der Waals surface area contributed by atoms with E-state index < -0.39 is 15.6 Å². The molecular weight excluding hydrogens is 366 g/mol. The maximum atomic E-state index is 12.3. The molecule has 0 amide bonds. The summed E-state index contributed by atoms with van der Waals surface area (Å²) in [7, 11) is -3.61. The number of benzene rings is 2. The lowest BCUT2D eigenvalue weighted by molar-refractivity contribution is 0.114. The van der Waals surface area contributed by atoms with Crippen LogP contribution in [0.25, 0.3) is 0 Å². The Bertz CT molecular complexity index is 772. The van der Waals surface area contributed by atoms with Crippen LogP contribution in [-0.2, 0) is 10.0 Å². The van der Waals surface area contributed by atoms with Gasteiger partial charge in [0.25, 0.3) is 0 Å². The van der Waals surface area contributed by atoms with Gasteiger partial charge in [0.1, 0.15) is 11.4 Å². The van der Waals surface area contributed by atoms with Crippen LogP contribution < -0.4 is 9.46 Å². The fraction of sp³-hybridized carbons (Fsp3) is 0.294. The van der Waals surface area contributed by atoms with Crippen molar-refractivity contribution < 1.29 is 13.2 Å². The lowest BCUT2D eigenvalue weighted by atomic mass is 10.1. The molecule has 0 spiro atoms. The van der Waals surface area contributed by atoms with E-state index in [2.05, 4.69) is 4.72 Å². The number of sulfonamides is 1. The highest BCUT2D eigenvalue weighted by atomic mass is 35.5. The molecule has 0 saturated carbocycles. The van der Waals surface area contributed by atoms with Crippen LogP contribution >= 0.6 is 23.4 Å². The van der Waals surface area contributed by atoms with Gasteiger partial charge in [-0.25, -0.2) is 13.1 Å². The Hall–Kier alpha value is -1.21. The van der Waals surface area contributed by atoms with E-state index in [0.29, 0.717) is 10.8 Å². The van der Waals surface area contributed by atoms with Crippen molar-refractivity contribution in [2.24, 2.45) is 0 Å². The van der Waals surface area contributed by atoms with E-state index in [1.54, 1.807) is 23.9 Å². The van der Waals surface area contributed by atoms with Crippen LogP contribution in [0.4, 0.5) is 0 Å². The van der Waals surface area contributed by atoms with Crippen molar-refractivity contribution in [2.75, 3.05) is 12.8 Å². The van der Waals surface area contributed by atoms with Gasteiger partial charge in [-0.1, -0.05) is 11.6 Å². The van der Waals surface area contributed by atoms with Gasteiger partial charge in [0.2, 0.25) is 10.0 Å². The number of ether oxygens (including phenoxy) is 1. The highest BCUT2D eigenvalue weighted by Crippen LogP contribution is 2.23. The lowest BCUT2D eigenvalue weighted by Crippen LogP contribution is -2.42. The molecule has 4 nitrogen and oxygen atoms in total. The van der Waals surface area contributed by atoms with Crippen molar-refractivity contribution in [3.63, 3.8) is 0 Å². The Morgan fingerprint density at radius 2 is 1.67 bits per heavy atom. The van der Waals surface area contributed by atoms with E-state index in [-0.39, 0.29) is 11.4 Å². The second-order valence-electron chi connectivity index (χ2n) is 5.82. The molecule has 7 heteroatoms. The topological polar surface area (TPSA) is 55.4 Å². The highest BCUT2D eigenvalue weighted by Gasteiger charge is 2.24. The van der Waals surface area contributed by atoms with Gasteiger partial charge >= 0.3 is 0 Å². The molecular formula is C17H20ClNO3S2. The first-order valence-electron chi connectivity index (χ1n) is 7.30. The summed E-state index contributed by atoms with van der Waals surface area (Å²) < 4.78 is 33.1. The van der Waals surface area contributed by atoms with Crippen LogP contribution in [0.2, 0.25) is 5.02 Å². The molecule has 0 saturated heterocycles. The molecule has 24 heavy (non-hydrogen) atoms. The van der Waals surface area contributed by atoms with Crippen molar-refractivity contribution in [1.29, 1.82) is 0 Å². The third kappa shape index (κ3) is 5.41. The average Bonchev–Trinajstić information content (AvgIpc) is 2.54. The second kappa shape index (κ2) is 7.78. The Morgan fingerprint density at radius 1 is 1.08 bits per heavy atom. The molecule has 2 aromatic carbocycles. The van der Waals surface area contributed by atoms with Gasteiger partial charge in [-0.3, -0.25) is 0 Å². The summed E-state index contributed by atoms with van der Waals surface area (Å²) in [5, 5.41) is 0.492. The molecule has 0 atom stereocenters. The first kappa shape index (κ1) is 19.1. The number of halogens is 1. The molecule has 0 unspecified atom stereocenters. The second-order valence-corrected chi connectivity index (χ2v) is 8.90. The SMILES string of the molecule is CSc1ccc(OC(C)(C)CNS(=O)(=O)c2ccc(Cl)cc2)cc1. The highest BCUT2D eigenvalue weighted by molar-refractivity contribution is 7.98. The van der Waals surface area contributed by atoms with E-state index in [1.165, 1.54) is 12.1 Å². The first-order chi connectivity index (χ1) is 11.2. The van der Waals surface area contributed by atoms with E-state index in [0.717, 1.165) is 4.90 Å². The van der Waals surface area contributed by atoms with Crippen molar-refractivity contribution in [3.8, 4) is 5.75 Å².